The van der Waals surface area contributed by atoms with Gasteiger partial charge in [-0.1, -0.05) is 23.5 Å². The average molecular weight is 321 g/mol. The Balaban J connectivity index is 2.26. The molecule has 22 heavy (non-hydrogen) atoms. The summed E-state index contributed by atoms with van der Waals surface area (Å²) in [7, 11) is 0. The van der Waals surface area contributed by atoms with Crippen molar-refractivity contribution in [3.63, 3.8) is 0 Å². The highest BCUT2D eigenvalue weighted by atomic mass is 32.1. The number of thiazole rings is 1. The van der Waals surface area contributed by atoms with Crippen LogP contribution in [0.1, 0.15) is 19.4 Å². The highest BCUT2D eigenvalue weighted by Crippen LogP contribution is 2.29. The van der Waals surface area contributed by atoms with E-state index in [4.69, 9.17) is 9.47 Å². The van der Waals surface area contributed by atoms with Crippen LogP contribution in [0.5, 0.6) is 10.9 Å². The van der Waals surface area contributed by atoms with Gasteiger partial charge < -0.3 is 14.6 Å². The van der Waals surface area contributed by atoms with Crippen molar-refractivity contribution in [2.24, 2.45) is 0 Å². The molecule has 0 bridgehead atoms. The van der Waals surface area contributed by atoms with Crippen molar-refractivity contribution in [1.29, 1.82) is 0 Å². The van der Waals surface area contributed by atoms with E-state index < -0.39 is 17.4 Å². The molecule has 0 amide bonds. The minimum atomic E-state index is -1.75. The van der Waals surface area contributed by atoms with Gasteiger partial charge in [0.25, 0.3) is 5.19 Å². The second-order valence-electron chi connectivity index (χ2n) is 4.58. The number of carbonyl (C=O) groups is 2. The quantitative estimate of drug-likeness (QED) is 0.650. The molecule has 0 saturated heterocycles. The molecular formula is C15H15NO5S. The van der Waals surface area contributed by atoms with Gasteiger partial charge in [-0.15, -0.1) is 0 Å². The Morgan fingerprint density at radius 1 is 1.32 bits per heavy atom. The van der Waals surface area contributed by atoms with Crippen LogP contribution in [0.3, 0.4) is 0 Å². The maximum absolute atomic E-state index is 12.0. The molecule has 1 heterocycles. The Kier molecular flexibility index (Phi) is 4.77. The molecule has 1 atom stereocenters. The summed E-state index contributed by atoms with van der Waals surface area (Å²) in [5, 5.41) is 11.7. The lowest BCUT2D eigenvalue weighted by molar-refractivity contribution is -0.160. The number of carboxylic acids is 1. The van der Waals surface area contributed by atoms with Crippen molar-refractivity contribution in [1.82, 2.24) is 4.98 Å². The first kappa shape index (κ1) is 16.0. The maximum atomic E-state index is 12.0. The molecule has 0 spiro atoms. The zero-order chi connectivity index (χ0) is 16.2. The van der Waals surface area contributed by atoms with Crippen LogP contribution in [0.4, 0.5) is 0 Å². The summed E-state index contributed by atoms with van der Waals surface area (Å²) >= 11 is 1.34. The van der Waals surface area contributed by atoms with E-state index in [1.165, 1.54) is 30.4 Å². The van der Waals surface area contributed by atoms with Gasteiger partial charge in [0, 0.05) is 11.6 Å². The van der Waals surface area contributed by atoms with Crippen molar-refractivity contribution in [2.75, 3.05) is 6.61 Å². The van der Waals surface area contributed by atoms with Gasteiger partial charge in [-0.3, -0.25) is 9.59 Å². The monoisotopic (exact) mass is 321 g/mol. The minimum Gasteiger partial charge on any atom is -0.480 e. The summed E-state index contributed by atoms with van der Waals surface area (Å²) in [6, 6.07) is 6.26. The van der Waals surface area contributed by atoms with Crippen LogP contribution in [0.25, 0.3) is 0 Å². The third kappa shape index (κ3) is 3.09. The normalized spacial score (nSPS) is 13.2. The van der Waals surface area contributed by atoms with Crippen molar-refractivity contribution >= 4 is 23.3 Å². The lowest BCUT2D eigenvalue weighted by atomic mass is 9.82. The molecule has 1 aromatic carbocycles. The van der Waals surface area contributed by atoms with Gasteiger partial charge in [0.1, 0.15) is 5.75 Å². The van der Waals surface area contributed by atoms with E-state index >= 15 is 0 Å². The summed E-state index contributed by atoms with van der Waals surface area (Å²) in [6.07, 6.45) is 1.62. The fourth-order valence-corrected chi connectivity index (χ4v) is 2.33. The van der Waals surface area contributed by atoms with Gasteiger partial charge >= 0.3 is 11.9 Å². The fourth-order valence-electron chi connectivity index (χ4n) is 1.82. The van der Waals surface area contributed by atoms with Crippen LogP contribution in [0, 0.1) is 0 Å². The third-order valence-electron chi connectivity index (χ3n) is 3.16. The maximum Gasteiger partial charge on any atom is 0.327 e. The Morgan fingerprint density at radius 3 is 2.50 bits per heavy atom. The van der Waals surface area contributed by atoms with Crippen molar-refractivity contribution in [3.8, 4) is 10.9 Å². The number of nitrogens with zero attached hydrogens (tertiary/aromatic N) is 1. The first-order chi connectivity index (χ1) is 10.5. The molecule has 6 nitrogen and oxygen atoms in total. The summed E-state index contributed by atoms with van der Waals surface area (Å²) in [5.74, 6) is -1.55. The zero-order valence-electron chi connectivity index (χ0n) is 12.1. The Bertz CT molecular complexity index is 653. The molecule has 116 valence electrons. The Labute approximate surface area is 131 Å². The SMILES string of the molecule is CCOC(=O)C(C)(C(=O)O)c1ccc(Oc2nccs2)cc1. The number of esters is 1. The van der Waals surface area contributed by atoms with Crippen LogP contribution in [0.15, 0.2) is 35.8 Å². The summed E-state index contributed by atoms with van der Waals surface area (Å²) in [4.78, 5) is 27.5. The molecule has 0 radical (unpaired) electrons. The largest absolute Gasteiger partial charge is 0.480 e. The van der Waals surface area contributed by atoms with Crippen LogP contribution in [0.2, 0.25) is 0 Å². The smallest absolute Gasteiger partial charge is 0.327 e. The summed E-state index contributed by atoms with van der Waals surface area (Å²) in [5.41, 5.74) is -1.43. The molecule has 0 fully saturated rings. The Hall–Kier alpha value is -2.41. The molecule has 0 saturated carbocycles. The number of hydrogen-bond donors (Lipinski definition) is 1. The zero-order valence-corrected chi connectivity index (χ0v) is 12.9. The minimum absolute atomic E-state index is 0.118. The second kappa shape index (κ2) is 6.57. The van der Waals surface area contributed by atoms with Crippen LogP contribution in [-0.4, -0.2) is 28.6 Å². The fraction of sp³-hybridized carbons (Fsp3) is 0.267. The average Bonchev–Trinajstić information content (AvgIpc) is 3.00. The summed E-state index contributed by atoms with van der Waals surface area (Å²) in [6.45, 7) is 3.07. The van der Waals surface area contributed by atoms with Gasteiger partial charge in [-0.2, -0.15) is 0 Å². The van der Waals surface area contributed by atoms with Crippen molar-refractivity contribution in [3.05, 3.63) is 41.4 Å². The molecule has 1 aromatic heterocycles. The lowest BCUT2D eigenvalue weighted by Crippen LogP contribution is -2.42. The van der Waals surface area contributed by atoms with Crippen LogP contribution in [-0.2, 0) is 19.7 Å². The number of hydrogen-bond acceptors (Lipinski definition) is 6. The molecule has 1 N–H and O–H groups in total. The van der Waals surface area contributed by atoms with Crippen LogP contribution < -0.4 is 4.74 Å². The number of aromatic nitrogens is 1. The van der Waals surface area contributed by atoms with Crippen molar-refractivity contribution < 1.29 is 24.2 Å². The molecule has 2 rings (SSSR count). The number of benzene rings is 1. The first-order valence-corrected chi connectivity index (χ1v) is 7.45. The predicted molar refractivity (Wildman–Crippen MR) is 80.3 cm³/mol. The van der Waals surface area contributed by atoms with Gasteiger partial charge in [-0.25, -0.2) is 4.98 Å². The molecular weight excluding hydrogens is 306 g/mol. The molecule has 1 unspecified atom stereocenters. The van der Waals surface area contributed by atoms with Crippen molar-refractivity contribution in [2.45, 2.75) is 19.3 Å². The number of ether oxygens (including phenoxy) is 2. The topological polar surface area (TPSA) is 85.7 Å². The van der Waals surface area contributed by atoms with E-state index in [9.17, 15) is 14.7 Å². The number of aliphatic carboxylic acids is 1. The van der Waals surface area contributed by atoms with Gasteiger partial charge in [0.05, 0.1) is 6.61 Å². The summed E-state index contributed by atoms with van der Waals surface area (Å²) < 4.78 is 10.4. The highest BCUT2D eigenvalue weighted by molar-refractivity contribution is 7.11. The van der Waals surface area contributed by atoms with E-state index in [1.54, 1.807) is 30.6 Å². The number of carboxylic acid groups (broad SMARTS) is 1. The molecule has 0 aliphatic carbocycles. The second-order valence-corrected chi connectivity index (χ2v) is 5.43. The molecule has 0 aliphatic rings. The standard InChI is InChI=1S/C15H15NO5S/c1-3-20-13(19)15(2,12(17)18)10-4-6-11(7-5-10)21-14-16-8-9-22-14/h4-9H,3H2,1-2H3,(H,17,18). The molecule has 7 heteroatoms. The lowest BCUT2D eigenvalue weighted by Gasteiger charge is -2.23. The van der Waals surface area contributed by atoms with E-state index in [-0.39, 0.29) is 6.61 Å². The van der Waals surface area contributed by atoms with Gasteiger partial charge in [0.2, 0.25) is 0 Å². The Morgan fingerprint density at radius 2 is 2.00 bits per heavy atom. The van der Waals surface area contributed by atoms with Gasteiger partial charge in [0.15, 0.2) is 5.41 Å². The number of carbonyl (C=O) groups excluding carboxylic acids is 1. The van der Waals surface area contributed by atoms with E-state index in [0.717, 1.165) is 0 Å². The van der Waals surface area contributed by atoms with E-state index in [1.807, 2.05) is 0 Å². The van der Waals surface area contributed by atoms with Crippen LogP contribution >= 0.6 is 11.3 Å². The highest BCUT2D eigenvalue weighted by Gasteiger charge is 2.44. The molecule has 2 aromatic rings. The van der Waals surface area contributed by atoms with E-state index in [2.05, 4.69) is 4.98 Å². The molecule has 0 aliphatic heterocycles. The van der Waals surface area contributed by atoms with E-state index in [0.29, 0.717) is 16.5 Å². The first-order valence-electron chi connectivity index (χ1n) is 6.57. The number of rotatable bonds is 6. The predicted octanol–water partition coefficient (Wildman–Crippen LogP) is 2.84. The van der Waals surface area contributed by atoms with Gasteiger partial charge in [-0.05, 0) is 31.5 Å². The third-order valence-corrected chi connectivity index (χ3v) is 3.81.